The van der Waals surface area contributed by atoms with Gasteiger partial charge in [-0.2, -0.15) is 9.78 Å². The molecule has 0 aliphatic rings. The summed E-state index contributed by atoms with van der Waals surface area (Å²) in [5, 5.41) is 2.53. The summed E-state index contributed by atoms with van der Waals surface area (Å²) in [5.41, 5.74) is 0. The Kier molecular flexibility index (Phi) is 6.35. The van der Waals surface area contributed by atoms with Crippen molar-refractivity contribution in [2.24, 2.45) is 0 Å². The van der Waals surface area contributed by atoms with Gasteiger partial charge in [-0.1, -0.05) is 31.5 Å². The van der Waals surface area contributed by atoms with Crippen molar-refractivity contribution in [2.75, 3.05) is 13.1 Å². The molecular weight excluding hydrogens is 388 g/mol. The highest BCUT2D eigenvalue weighted by Gasteiger charge is 2.32. The number of hydrogen-bond acceptors (Lipinski definition) is 4. The molecule has 0 radical (unpaired) electrons. The summed E-state index contributed by atoms with van der Waals surface area (Å²) in [6.45, 7) is 4.69. The van der Waals surface area contributed by atoms with Crippen LogP contribution in [0.1, 0.15) is 26.7 Å². The molecule has 26 heavy (non-hydrogen) atoms. The average Bonchev–Trinajstić information content (AvgIpc) is 2.96. The summed E-state index contributed by atoms with van der Waals surface area (Å²) in [5.74, 6) is -2.53. The van der Waals surface area contributed by atoms with E-state index in [1.54, 1.807) is 0 Å². The fraction of sp³-hybridized carbons (Fsp3) is 0.375. The van der Waals surface area contributed by atoms with Crippen LogP contribution in [0, 0.1) is 11.6 Å². The summed E-state index contributed by atoms with van der Waals surface area (Å²) in [7, 11) is -4.68. The Morgan fingerprint density at radius 3 is 2.23 bits per heavy atom. The van der Waals surface area contributed by atoms with E-state index in [4.69, 9.17) is 11.6 Å². The van der Waals surface area contributed by atoms with Crippen LogP contribution in [0.5, 0.6) is 0 Å². The van der Waals surface area contributed by atoms with Crippen LogP contribution in [0.25, 0.3) is 0 Å². The van der Waals surface area contributed by atoms with Gasteiger partial charge in [0.2, 0.25) is 14.9 Å². The van der Waals surface area contributed by atoms with Crippen molar-refractivity contribution < 1.29 is 22.0 Å². The molecule has 0 fully saturated rings. The molecule has 0 saturated heterocycles. The monoisotopic (exact) mass is 405 g/mol. The Labute approximate surface area is 155 Å². The maximum absolute atomic E-state index is 13.9. The lowest BCUT2D eigenvalue weighted by Crippen LogP contribution is -2.36. The van der Waals surface area contributed by atoms with Gasteiger partial charge in [0, 0.05) is 13.1 Å². The van der Waals surface area contributed by atoms with Gasteiger partial charge in [0.1, 0.15) is 16.5 Å². The predicted molar refractivity (Wildman–Crippen MR) is 92.0 cm³/mol. The maximum Gasteiger partial charge on any atom is 0.344 e. The minimum Gasteiger partial charge on any atom is -0.323 e. The van der Waals surface area contributed by atoms with Crippen molar-refractivity contribution in [3.05, 3.63) is 41.1 Å². The lowest BCUT2D eigenvalue weighted by atomic mass is 10.3. The first-order chi connectivity index (χ1) is 12.2. The number of halogens is 3. The van der Waals surface area contributed by atoms with E-state index >= 15 is 0 Å². The van der Waals surface area contributed by atoms with Crippen molar-refractivity contribution in [3.63, 3.8) is 0 Å². The molecule has 142 valence electrons. The molecule has 0 atom stereocenters. The van der Waals surface area contributed by atoms with Crippen LogP contribution < -0.4 is 0 Å². The molecule has 0 spiro atoms. The first kappa shape index (κ1) is 20.3. The van der Waals surface area contributed by atoms with Gasteiger partial charge < -0.3 is 4.90 Å². The fourth-order valence-corrected chi connectivity index (χ4v) is 4.22. The van der Waals surface area contributed by atoms with Gasteiger partial charge >= 0.3 is 6.03 Å². The van der Waals surface area contributed by atoms with Gasteiger partial charge in [0.05, 0.1) is 11.2 Å². The smallest absolute Gasteiger partial charge is 0.323 e. The lowest BCUT2D eigenvalue weighted by Gasteiger charge is -2.20. The van der Waals surface area contributed by atoms with Gasteiger partial charge in [0.25, 0.3) is 0 Å². The maximum atomic E-state index is 13.9. The minimum atomic E-state index is -4.68. The second kappa shape index (κ2) is 8.13. The minimum absolute atomic E-state index is 0.394. The molecule has 2 aromatic rings. The number of amides is 1. The molecule has 0 bridgehead atoms. The molecule has 0 aliphatic carbocycles. The zero-order valence-electron chi connectivity index (χ0n) is 14.2. The third-order valence-electron chi connectivity index (χ3n) is 3.53. The van der Waals surface area contributed by atoms with Crippen LogP contribution in [0.15, 0.2) is 34.3 Å². The van der Waals surface area contributed by atoms with E-state index in [-0.39, 0.29) is 0 Å². The van der Waals surface area contributed by atoms with Gasteiger partial charge in [-0.15, -0.1) is 0 Å². The highest BCUT2D eigenvalue weighted by atomic mass is 35.5. The summed E-state index contributed by atoms with van der Waals surface area (Å²) in [6, 6.07) is 2.11. The van der Waals surface area contributed by atoms with E-state index in [0.29, 0.717) is 25.9 Å². The Morgan fingerprint density at radius 1 is 1.19 bits per heavy atom. The highest BCUT2D eigenvalue weighted by Crippen LogP contribution is 2.29. The van der Waals surface area contributed by atoms with Gasteiger partial charge in [0.15, 0.2) is 0 Å². The quantitative estimate of drug-likeness (QED) is 0.734. The standard InChI is InChI=1S/C16H18ClF2N3O3S/c1-3-8-21(9-4-2)16(23)22-10-11(17)15(20-22)26(24,25)14-12(18)6-5-7-13(14)19/h5-7,10H,3-4,8-9H2,1-2H3. The molecular formula is C16H18ClF2N3O3S. The number of aromatic nitrogens is 2. The van der Waals surface area contributed by atoms with Crippen LogP contribution in [0.3, 0.4) is 0 Å². The molecule has 1 aromatic carbocycles. The lowest BCUT2D eigenvalue weighted by molar-refractivity contribution is 0.196. The van der Waals surface area contributed by atoms with Crippen LogP contribution in [-0.2, 0) is 9.84 Å². The van der Waals surface area contributed by atoms with Crippen LogP contribution in [-0.4, -0.2) is 42.2 Å². The van der Waals surface area contributed by atoms with Crippen molar-refractivity contribution in [1.82, 2.24) is 14.7 Å². The summed E-state index contributed by atoms with van der Waals surface area (Å²) in [6.07, 6.45) is 2.42. The molecule has 1 aromatic heterocycles. The third-order valence-corrected chi connectivity index (χ3v) is 5.66. The van der Waals surface area contributed by atoms with E-state index in [0.717, 1.165) is 29.1 Å². The number of carbonyl (C=O) groups is 1. The SMILES string of the molecule is CCCN(CCC)C(=O)n1cc(Cl)c(S(=O)(=O)c2c(F)cccc2F)n1. The molecule has 0 aliphatic heterocycles. The molecule has 6 nitrogen and oxygen atoms in total. The molecule has 2 rings (SSSR count). The third kappa shape index (κ3) is 3.88. The van der Waals surface area contributed by atoms with Gasteiger partial charge in [-0.3, -0.25) is 0 Å². The average molecular weight is 406 g/mol. The van der Waals surface area contributed by atoms with E-state index in [2.05, 4.69) is 5.10 Å². The number of carbonyl (C=O) groups excluding carboxylic acids is 1. The first-order valence-electron chi connectivity index (χ1n) is 7.97. The molecule has 0 unspecified atom stereocenters. The summed E-state index contributed by atoms with van der Waals surface area (Å²) in [4.78, 5) is 12.8. The first-order valence-corrected chi connectivity index (χ1v) is 9.83. The zero-order chi connectivity index (χ0) is 19.5. The van der Waals surface area contributed by atoms with Crippen LogP contribution >= 0.6 is 11.6 Å². The van der Waals surface area contributed by atoms with E-state index in [1.165, 1.54) is 4.90 Å². The number of hydrogen-bond donors (Lipinski definition) is 0. The van der Waals surface area contributed by atoms with E-state index in [1.807, 2.05) is 13.8 Å². The van der Waals surface area contributed by atoms with Crippen molar-refractivity contribution in [3.8, 4) is 0 Å². The molecule has 10 heteroatoms. The predicted octanol–water partition coefficient (Wildman–Crippen LogP) is 3.74. The normalized spacial score (nSPS) is 11.6. The van der Waals surface area contributed by atoms with Crippen molar-refractivity contribution >= 4 is 27.5 Å². The van der Waals surface area contributed by atoms with Crippen LogP contribution in [0.4, 0.5) is 13.6 Å². The summed E-state index contributed by atoms with van der Waals surface area (Å²) < 4.78 is 53.7. The Hall–Kier alpha value is -2.00. The molecule has 1 amide bonds. The highest BCUT2D eigenvalue weighted by molar-refractivity contribution is 7.91. The number of benzene rings is 1. The van der Waals surface area contributed by atoms with E-state index < -0.39 is 42.4 Å². The van der Waals surface area contributed by atoms with Crippen LogP contribution in [0.2, 0.25) is 5.02 Å². The molecule has 0 saturated carbocycles. The molecule has 1 heterocycles. The van der Waals surface area contributed by atoms with Gasteiger partial charge in [-0.25, -0.2) is 22.0 Å². The Bertz CT molecular complexity index is 889. The number of nitrogens with zero attached hydrogens (tertiary/aromatic N) is 3. The number of rotatable bonds is 6. The largest absolute Gasteiger partial charge is 0.344 e. The second-order valence-corrected chi connectivity index (χ2v) is 7.76. The van der Waals surface area contributed by atoms with Gasteiger partial charge in [-0.05, 0) is 25.0 Å². The van der Waals surface area contributed by atoms with Crippen molar-refractivity contribution in [2.45, 2.75) is 36.6 Å². The number of sulfone groups is 1. The molecule has 0 N–H and O–H groups in total. The fourth-order valence-electron chi connectivity index (χ4n) is 2.44. The Morgan fingerprint density at radius 2 is 1.73 bits per heavy atom. The van der Waals surface area contributed by atoms with Crippen molar-refractivity contribution in [1.29, 1.82) is 0 Å². The Balaban J connectivity index is 2.49. The van der Waals surface area contributed by atoms with E-state index in [9.17, 15) is 22.0 Å². The zero-order valence-corrected chi connectivity index (χ0v) is 15.8. The second-order valence-electron chi connectivity index (χ2n) is 5.55. The topological polar surface area (TPSA) is 72.3 Å². The summed E-state index contributed by atoms with van der Waals surface area (Å²) >= 11 is 5.91.